The molecule has 0 atom stereocenters. The number of fused-ring (bicyclic) bond motifs is 5. The number of pyridine rings is 1. The van der Waals surface area contributed by atoms with Crippen LogP contribution in [0.2, 0.25) is 0 Å². The van der Waals surface area contributed by atoms with Crippen molar-refractivity contribution in [2.45, 2.75) is 44.8 Å². The molecule has 1 amide bonds. The highest BCUT2D eigenvalue weighted by Gasteiger charge is 2.33. The Morgan fingerprint density at radius 1 is 1.09 bits per heavy atom. The molecule has 1 saturated carbocycles. The van der Waals surface area contributed by atoms with Gasteiger partial charge >= 0.3 is 0 Å². The van der Waals surface area contributed by atoms with Gasteiger partial charge in [0.05, 0.1) is 0 Å². The van der Waals surface area contributed by atoms with Crippen LogP contribution in [0.25, 0.3) is 16.6 Å². The summed E-state index contributed by atoms with van der Waals surface area (Å²) in [7, 11) is 0. The molecule has 0 unspecified atom stereocenters. The van der Waals surface area contributed by atoms with E-state index in [0.29, 0.717) is 12.2 Å². The summed E-state index contributed by atoms with van der Waals surface area (Å²) in [5.41, 5.74) is 3.65. The lowest BCUT2D eigenvalue weighted by molar-refractivity contribution is 0.0418. The third-order valence-corrected chi connectivity index (χ3v) is 7.20. The zero-order valence-corrected chi connectivity index (χ0v) is 18.5. The third-order valence-electron chi connectivity index (χ3n) is 7.20. The predicted octanol–water partition coefficient (Wildman–Crippen LogP) is 3.48. The molecule has 1 aromatic carbocycles. The number of aromatic amines is 1. The second-order valence-corrected chi connectivity index (χ2v) is 9.41. The summed E-state index contributed by atoms with van der Waals surface area (Å²) in [6, 6.07) is 15.7. The summed E-state index contributed by atoms with van der Waals surface area (Å²) in [6.07, 6.45) is 7.11. The van der Waals surface area contributed by atoms with Gasteiger partial charge in [-0.25, -0.2) is 4.98 Å². The van der Waals surface area contributed by atoms with Crippen molar-refractivity contribution in [2.24, 2.45) is 5.92 Å². The Balaban J connectivity index is 1.15. The van der Waals surface area contributed by atoms with Crippen LogP contribution in [0.4, 0.5) is 0 Å². The topological polar surface area (TPSA) is 82.5 Å². The van der Waals surface area contributed by atoms with Crippen LogP contribution < -0.4 is 10.9 Å². The van der Waals surface area contributed by atoms with E-state index in [9.17, 15) is 9.59 Å². The highest BCUT2D eigenvalue weighted by Crippen LogP contribution is 2.35. The fourth-order valence-corrected chi connectivity index (χ4v) is 5.46. The van der Waals surface area contributed by atoms with Crippen LogP contribution in [0.1, 0.15) is 47.4 Å². The van der Waals surface area contributed by atoms with Crippen molar-refractivity contribution in [2.75, 3.05) is 6.54 Å². The fraction of sp³-hybridized carbons (Fsp3) is 0.346. The van der Waals surface area contributed by atoms with Crippen molar-refractivity contribution < 1.29 is 4.79 Å². The van der Waals surface area contributed by atoms with Crippen molar-refractivity contribution in [3.8, 4) is 0 Å². The van der Waals surface area contributed by atoms with Gasteiger partial charge in [-0.3, -0.25) is 18.9 Å². The molecule has 2 aliphatic heterocycles. The van der Waals surface area contributed by atoms with Crippen LogP contribution in [0.3, 0.4) is 0 Å². The minimum atomic E-state index is -0.356. The number of carbonyl (C=O) groups is 1. The van der Waals surface area contributed by atoms with Gasteiger partial charge in [0.15, 0.2) is 0 Å². The first-order valence-electron chi connectivity index (χ1n) is 11.7. The van der Waals surface area contributed by atoms with Crippen molar-refractivity contribution in [3.05, 3.63) is 82.0 Å². The molecule has 1 aliphatic carbocycles. The number of amides is 1. The third kappa shape index (κ3) is 3.93. The van der Waals surface area contributed by atoms with Crippen LogP contribution in [0.15, 0.2) is 59.5 Å². The maximum absolute atomic E-state index is 12.6. The predicted molar refractivity (Wildman–Crippen MR) is 127 cm³/mol. The normalized spacial score (nSPS) is 20.5. The van der Waals surface area contributed by atoms with Crippen LogP contribution in [-0.2, 0) is 13.1 Å². The molecule has 2 saturated heterocycles. The summed E-state index contributed by atoms with van der Waals surface area (Å²) in [5.74, 6) is 0.522. The van der Waals surface area contributed by atoms with E-state index in [4.69, 9.17) is 0 Å². The number of nitrogens with one attached hydrogen (secondary N) is 2. The Morgan fingerprint density at radius 2 is 1.97 bits per heavy atom. The lowest BCUT2D eigenvalue weighted by Gasteiger charge is -2.45. The first-order chi connectivity index (χ1) is 16.1. The average Bonchev–Trinajstić information content (AvgIpc) is 3.24. The molecule has 5 heterocycles. The van der Waals surface area contributed by atoms with Gasteiger partial charge in [-0.05, 0) is 66.8 Å². The van der Waals surface area contributed by atoms with Crippen molar-refractivity contribution in [1.82, 2.24) is 24.6 Å². The Morgan fingerprint density at radius 3 is 2.79 bits per heavy atom. The molecule has 0 spiro atoms. The number of benzene rings is 1. The summed E-state index contributed by atoms with van der Waals surface area (Å²) in [5, 5.41) is 4.08. The van der Waals surface area contributed by atoms with E-state index in [1.165, 1.54) is 53.8 Å². The fourth-order valence-electron chi connectivity index (χ4n) is 5.46. The second-order valence-electron chi connectivity index (χ2n) is 9.41. The Labute approximate surface area is 191 Å². The van der Waals surface area contributed by atoms with Gasteiger partial charge in [0.25, 0.3) is 11.5 Å². The molecule has 168 valence electrons. The summed E-state index contributed by atoms with van der Waals surface area (Å²) in [4.78, 5) is 35.4. The first-order valence-corrected chi connectivity index (χ1v) is 11.7. The van der Waals surface area contributed by atoms with Crippen LogP contribution in [0.5, 0.6) is 0 Å². The van der Waals surface area contributed by atoms with Crippen LogP contribution in [-0.4, -0.2) is 37.8 Å². The largest absolute Gasteiger partial charge is 0.357 e. The molecular weight excluding hydrogens is 414 g/mol. The van der Waals surface area contributed by atoms with E-state index in [1.807, 2.05) is 6.07 Å². The maximum Gasteiger partial charge on any atom is 0.270 e. The van der Waals surface area contributed by atoms with Crippen molar-refractivity contribution in [1.29, 1.82) is 0 Å². The van der Waals surface area contributed by atoms with E-state index in [1.54, 1.807) is 24.4 Å². The van der Waals surface area contributed by atoms with Gasteiger partial charge in [0.2, 0.25) is 0 Å². The molecule has 7 heteroatoms. The number of H-pyrrole nitrogens is 1. The van der Waals surface area contributed by atoms with Gasteiger partial charge in [-0.1, -0.05) is 18.2 Å². The number of rotatable bonds is 5. The number of aromatic nitrogens is 3. The Kier molecular flexibility index (Phi) is 4.99. The average molecular weight is 442 g/mol. The number of hydrogen-bond acceptors (Lipinski definition) is 4. The zero-order valence-electron chi connectivity index (χ0n) is 18.5. The molecule has 3 fully saturated rings. The van der Waals surface area contributed by atoms with Crippen LogP contribution in [0, 0.1) is 5.92 Å². The monoisotopic (exact) mass is 441 g/mol. The minimum absolute atomic E-state index is 0.130. The van der Waals surface area contributed by atoms with E-state index in [2.05, 4.69) is 38.4 Å². The summed E-state index contributed by atoms with van der Waals surface area (Å²) in [6.45, 7) is 2.57. The van der Waals surface area contributed by atoms with Gasteiger partial charge < -0.3 is 10.3 Å². The minimum Gasteiger partial charge on any atom is -0.357 e. The molecule has 7 rings (SSSR count). The van der Waals surface area contributed by atoms with Gasteiger partial charge in [-0.15, -0.1) is 0 Å². The standard InChI is InChI=1S/C26H27N5O2/c32-25-13-23(29-24-3-1-2-10-31(24)25)26(33)27-14-18-4-7-19-12-20(28-22(19)11-18)16-30-15-17-5-8-21(30)9-6-17/h1-4,7,10-13,17,21,28H,5-6,8-9,14-16H2,(H,27,33). The first kappa shape index (κ1) is 20.2. The summed E-state index contributed by atoms with van der Waals surface area (Å²) < 4.78 is 1.42. The number of carbonyl (C=O) groups excluding carboxylic acids is 1. The molecule has 3 aromatic heterocycles. The highest BCUT2D eigenvalue weighted by molar-refractivity contribution is 5.92. The molecule has 2 bridgehead atoms. The zero-order chi connectivity index (χ0) is 22.4. The lowest BCUT2D eigenvalue weighted by Crippen LogP contribution is -2.47. The van der Waals surface area contributed by atoms with Gasteiger partial charge in [0, 0.05) is 49.1 Å². The Bertz CT molecular complexity index is 1400. The SMILES string of the molecule is O=C(NCc1ccc2cc(CN3CC4CCC3CC4)[nH]c2c1)c1cc(=O)n2ccccc2n1. The van der Waals surface area contributed by atoms with E-state index >= 15 is 0 Å². The van der Waals surface area contributed by atoms with Gasteiger partial charge in [-0.2, -0.15) is 0 Å². The van der Waals surface area contributed by atoms with E-state index < -0.39 is 0 Å². The van der Waals surface area contributed by atoms with Crippen molar-refractivity contribution >= 4 is 22.5 Å². The van der Waals surface area contributed by atoms with E-state index in [0.717, 1.165) is 29.6 Å². The number of nitrogens with zero attached hydrogens (tertiary/aromatic N) is 3. The molecule has 2 N–H and O–H groups in total. The quantitative estimate of drug-likeness (QED) is 0.497. The number of hydrogen-bond donors (Lipinski definition) is 2. The molecule has 7 nitrogen and oxygen atoms in total. The number of piperidine rings is 2. The Hall–Kier alpha value is -3.45. The smallest absolute Gasteiger partial charge is 0.270 e. The lowest BCUT2D eigenvalue weighted by atomic mass is 9.80. The summed E-state index contributed by atoms with van der Waals surface area (Å²) >= 11 is 0. The van der Waals surface area contributed by atoms with Crippen LogP contribution >= 0.6 is 0 Å². The van der Waals surface area contributed by atoms with Crippen molar-refractivity contribution in [3.63, 3.8) is 0 Å². The molecule has 4 aromatic rings. The highest BCUT2D eigenvalue weighted by atomic mass is 16.2. The maximum atomic E-state index is 12.6. The molecular formula is C26H27N5O2. The molecule has 33 heavy (non-hydrogen) atoms. The van der Waals surface area contributed by atoms with E-state index in [-0.39, 0.29) is 17.2 Å². The molecule has 3 aliphatic rings. The second kappa shape index (κ2) is 8.15. The van der Waals surface area contributed by atoms with Gasteiger partial charge in [0.1, 0.15) is 11.3 Å². The molecule has 0 radical (unpaired) electrons.